The summed E-state index contributed by atoms with van der Waals surface area (Å²) < 4.78 is 0. The van der Waals surface area contributed by atoms with Gasteiger partial charge in [-0.1, -0.05) is 52.4 Å². The standard InChI is InChI=1S/C20H36O4S/c1-3-4-6-10-16(21)14-25-19-13-12-18(22)17(19)11-8-5-7-9-15(2)20(23)24/h15-17,19,21H,3-14H2,1-2H3,(H,23,24). The van der Waals surface area contributed by atoms with Crippen LogP contribution in [0.3, 0.4) is 0 Å². The van der Waals surface area contributed by atoms with Crippen LogP contribution in [0.1, 0.15) is 84.5 Å². The number of unbranched alkanes of at least 4 members (excludes halogenated alkanes) is 4. The minimum absolute atomic E-state index is 0.143. The Kier molecular flexibility index (Phi) is 11.5. The molecule has 4 nitrogen and oxygen atoms in total. The van der Waals surface area contributed by atoms with Crippen LogP contribution < -0.4 is 0 Å². The minimum atomic E-state index is -0.722. The van der Waals surface area contributed by atoms with E-state index in [2.05, 4.69) is 6.92 Å². The molecule has 1 fully saturated rings. The molecule has 4 unspecified atom stereocenters. The molecule has 2 N–H and O–H groups in total. The van der Waals surface area contributed by atoms with Gasteiger partial charge in [-0.3, -0.25) is 9.59 Å². The number of carbonyl (C=O) groups is 2. The monoisotopic (exact) mass is 372 g/mol. The highest BCUT2D eigenvalue weighted by atomic mass is 32.2. The second-order valence-electron chi connectivity index (χ2n) is 7.51. The lowest BCUT2D eigenvalue weighted by atomic mass is 9.96. The Morgan fingerprint density at radius 3 is 2.60 bits per heavy atom. The summed E-state index contributed by atoms with van der Waals surface area (Å²) in [6.07, 6.45) is 10.2. The van der Waals surface area contributed by atoms with Crippen molar-refractivity contribution >= 4 is 23.5 Å². The van der Waals surface area contributed by atoms with Crippen LogP contribution in [0.25, 0.3) is 0 Å². The molecule has 1 aliphatic carbocycles. The van der Waals surface area contributed by atoms with Crippen molar-refractivity contribution in [2.45, 2.75) is 95.8 Å². The predicted molar refractivity (Wildman–Crippen MR) is 104 cm³/mol. The Bertz CT molecular complexity index is 399. The molecule has 0 spiro atoms. The molecule has 5 heteroatoms. The van der Waals surface area contributed by atoms with Gasteiger partial charge < -0.3 is 10.2 Å². The second-order valence-corrected chi connectivity index (χ2v) is 8.78. The quantitative estimate of drug-likeness (QED) is 0.433. The van der Waals surface area contributed by atoms with Crippen LogP contribution in [0.4, 0.5) is 0 Å². The number of aliphatic hydroxyl groups excluding tert-OH is 1. The molecule has 0 radical (unpaired) electrons. The Morgan fingerprint density at radius 2 is 1.92 bits per heavy atom. The highest BCUT2D eigenvalue weighted by molar-refractivity contribution is 8.00. The van der Waals surface area contributed by atoms with E-state index in [1.165, 1.54) is 12.8 Å². The number of hydrogen-bond donors (Lipinski definition) is 2. The molecule has 1 aliphatic rings. The first kappa shape index (κ1) is 22.5. The highest BCUT2D eigenvalue weighted by Crippen LogP contribution is 2.36. The molecule has 146 valence electrons. The first-order chi connectivity index (χ1) is 12.0. The minimum Gasteiger partial charge on any atom is -0.481 e. The van der Waals surface area contributed by atoms with Gasteiger partial charge in [0.2, 0.25) is 0 Å². The third-order valence-electron chi connectivity index (χ3n) is 5.26. The fourth-order valence-electron chi connectivity index (χ4n) is 3.49. The number of aliphatic hydroxyl groups is 1. The zero-order chi connectivity index (χ0) is 18.7. The van der Waals surface area contributed by atoms with E-state index in [1.54, 1.807) is 18.7 Å². The van der Waals surface area contributed by atoms with E-state index in [1.807, 2.05) is 0 Å². The Hall–Kier alpha value is -0.550. The van der Waals surface area contributed by atoms with Crippen molar-refractivity contribution in [1.29, 1.82) is 0 Å². The van der Waals surface area contributed by atoms with Crippen LogP contribution >= 0.6 is 11.8 Å². The normalized spacial score (nSPS) is 22.9. The summed E-state index contributed by atoms with van der Waals surface area (Å²) in [6.45, 7) is 3.92. The fourth-order valence-corrected chi connectivity index (χ4v) is 4.93. The third kappa shape index (κ3) is 9.09. The molecule has 0 aromatic carbocycles. The van der Waals surface area contributed by atoms with Gasteiger partial charge in [-0.15, -0.1) is 0 Å². The average molecular weight is 373 g/mol. The largest absolute Gasteiger partial charge is 0.481 e. The first-order valence-corrected chi connectivity index (χ1v) is 11.1. The molecule has 4 atom stereocenters. The molecule has 0 saturated heterocycles. The summed E-state index contributed by atoms with van der Waals surface area (Å²) in [7, 11) is 0. The van der Waals surface area contributed by atoms with Gasteiger partial charge in [0.05, 0.1) is 12.0 Å². The van der Waals surface area contributed by atoms with E-state index in [4.69, 9.17) is 5.11 Å². The van der Waals surface area contributed by atoms with E-state index in [9.17, 15) is 14.7 Å². The van der Waals surface area contributed by atoms with E-state index in [0.717, 1.165) is 57.1 Å². The van der Waals surface area contributed by atoms with Crippen molar-refractivity contribution < 1.29 is 19.8 Å². The van der Waals surface area contributed by atoms with Crippen LogP contribution in [-0.2, 0) is 9.59 Å². The second kappa shape index (κ2) is 12.7. The van der Waals surface area contributed by atoms with Crippen molar-refractivity contribution in [3.8, 4) is 0 Å². The number of thioether (sulfide) groups is 1. The zero-order valence-electron chi connectivity index (χ0n) is 15.9. The maximum Gasteiger partial charge on any atom is 0.306 e. The Balaban J connectivity index is 2.22. The number of carboxylic acid groups (broad SMARTS) is 1. The molecule has 0 amide bonds. The highest BCUT2D eigenvalue weighted by Gasteiger charge is 2.34. The number of hydrogen-bond acceptors (Lipinski definition) is 4. The molecule has 1 saturated carbocycles. The number of carbonyl (C=O) groups excluding carboxylic acids is 1. The molecule has 0 aromatic heterocycles. The lowest BCUT2D eigenvalue weighted by molar-refractivity contribution is -0.141. The van der Waals surface area contributed by atoms with Gasteiger partial charge in [0.1, 0.15) is 5.78 Å². The van der Waals surface area contributed by atoms with Gasteiger partial charge in [-0.05, 0) is 25.7 Å². The van der Waals surface area contributed by atoms with Crippen LogP contribution in [0.5, 0.6) is 0 Å². The lowest BCUT2D eigenvalue weighted by Gasteiger charge is -2.20. The number of Topliss-reactive ketones (excluding diaryl/α,β-unsaturated/α-hetero) is 1. The molecule has 0 aromatic rings. The topological polar surface area (TPSA) is 74.6 Å². The number of aliphatic carboxylic acids is 1. The summed E-state index contributed by atoms with van der Waals surface area (Å²) >= 11 is 1.79. The zero-order valence-corrected chi connectivity index (χ0v) is 16.7. The fraction of sp³-hybridized carbons (Fsp3) is 0.900. The molecular formula is C20H36O4S. The van der Waals surface area contributed by atoms with Crippen LogP contribution in [-0.4, -0.2) is 39.1 Å². The van der Waals surface area contributed by atoms with Gasteiger partial charge in [-0.2, -0.15) is 11.8 Å². The maximum atomic E-state index is 12.1. The van der Waals surface area contributed by atoms with Crippen LogP contribution in [0.15, 0.2) is 0 Å². The van der Waals surface area contributed by atoms with Crippen LogP contribution in [0.2, 0.25) is 0 Å². The van der Waals surface area contributed by atoms with E-state index < -0.39 is 5.97 Å². The third-order valence-corrected chi connectivity index (χ3v) is 6.82. The van der Waals surface area contributed by atoms with Crippen molar-refractivity contribution in [1.82, 2.24) is 0 Å². The van der Waals surface area contributed by atoms with E-state index in [0.29, 0.717) is 17.5 Å². The number of ketones is 1. The van der Waals surface area contributed by atoms with Gasteiger partial charge in [-0.25, -0.2) is 0 Å². The van der Waals surface area contributed by atoms with Crippen LogP contribution in [0, 0.1) is 11.8 Å². The van der Waals surface area contributed by atoms with Crippen molar-refractivity contribution in [2.24, 2.45) is 11.8 Å². The van der Waals surface area contributed by atoms with Gasteiger partial charge in [0.25, 0.3) is 0 Å². The molecular weight excluding hydrogens is 336 g/mol. The number of rotatable bonds is 14. The Morgan fingerprint density at radius 1 is 1.20 bits per heavy atom. The van der Waals surface area contributed by atoms with E-state index >= 15 is 0 Å². The van der Waals surface area contributed by atoms with Crippen molar-refractivity contribution in [3.63, 3.8) is 0 Å². The summed E-state index contributed by atoms with van der Waals surface area (Å²) in [5.41, 5.74) is 0. The number of carboxylic acids is 1. The SMILES string of the molecule is CCCCCC(O)CSC1CCC(=O)C1CCCCCC(C)C(=O)O. The lowest BCUT2D eigenvalue weighted by Crippen LogP contribution is -2.20. The van der Waals surface area contributed by atoms with Crippen molar-refractivity contribution in [3.05, 3.63) is 0 Å². The summed E-state index contributed by atoms with van der Waals surface area (Å²) in [5.74, 6) is 0.279. The van der Waals surface area contributed by atoms with Gasteiger partial charge in [0, 0.05) is 23.3 Å². The summed E-state index contributed by atoms with van der Waals surface area (Å²) in [6, 6.07) is 0. The summed E-state index contributed by atoms with van der Waals surface area (Å²) in [5, 5.41) is 19.3. The predicted octanol–water partition coefficient (Wildman–Crippen LogP) is 4.68. The molecule has 25 heavy (non-hydrogen) atoms. The first-order valence-electron chi connectivity index (χ1n) is 10.0. The smallest absolute Gasteiger partial charge is 0.306 e. The Labute approximate surface area is 157 Å². The van der Waals surface area contributed by atoms with E-state index in [-0.39, 0.29) is 17.9 Å². The van der Waals surface area contributed by atoms with Gasteiger partial charge in [0.15, 0.2) is 0 Å². The maximum absolute atomic E-state index is 12.1. The van der Waals surface area contributed by atoms with Gasteiger partial charge >= 0.3 is 5.97 Å². The molecule has 1 rings (SSSR count). The van der Waals surface area contributed by atoms with Crippen molar-refractivity contribution in [2.75, 3.05) is 5.75 Å². The molecule has 0 heterocycles. The molecule has 0 aliphatic heterocycles. The average Bonchev–Trinajstić information content (AvgIpc) is 2.92. The molecule has 0 bridgehead atoms. The summed E-state index contributed by atoms with van der Waals surface area (Å²) in [4.78, 5) is 22.9.